The van der Waals surface area contributed by atoms with Crippen LogP contribution in [0, 0.1) is 6.92 Å². The molecule has 0 saturated heterocycles. The molecule has 3 rings (SSSR count). The second-order valence-electron chi connectivity index (χ2n) is 4.75. The van der Waals surface area contributed by atoms with Crippen molar-refractivity contribution in [1.82, 2.24) is 10.4 Å². The van der Waals surface area contributed by atoms with Crippen molar-refractivity contribution in [3.8, 4) is 5.75 Å². The SMILES string of the molecule is Cc1nc(CC(NN)c2ccc3c(c2)CCO3)cs1. The van der Waals surface area contributed by atoms with Gasteiger partial charge in [0, 0.05) is 18.2 Å². The fourth-order valence-corrected chi connectivity index (χ4v) is 3.03. The van der Waals surface area contributed by atoms with E-state index in [2.05, 4.69) is 27.9 Å². The summed E-state index contributed by atoms with van der Waals surface area (Å²) >= 11 is 1.67. The van der Waals surface area contributed by atoms with Crippen molar-refractivity contribution in [2.75, 3.05) is 6.61 Å². The molecule has 0 aliphatic carbocycles. The normalized spacial score (nSPS) is 15.1. The number of aromatic nitrogens is 1. The zero-order chi connectivity index (χ0) is 13.2. The number of ether oxygens (including phenoxy) is 1. The number of thiazole rings is 1. The first-order valence-corrected chi connectivity index (χ1v) is 7.27. The van der Waals surface area contributed by atoms with Crippen LogP contribution in [-0.4, -0.2) is 11.6 Å². The van der Waals surface area contributed by atoms with Crippen LogP contribution in [0.4, 0.5) is 0 Å². The van der Waals surface area contributed by atoms with Crippen LogP contribution in [0.1, 0.15) is 27.9 Å². The maximum Gasteiger partial charge on any atom is 0.122 e. The Balaban J connectivity index is 1.82. The lowest BCUT2D eigenvalue weighted by molar-refractivity contribution is 0.356. The molecular formula is C14H17N3OS. The van der Waals surface area contributed by atoms with Crippen LogP contribution in [0.5, 0.6) is 5.75 Å². The number of nitrogens with zero attached hydrogens (tertiary/aromatic N) is 1. The molecule has 19 heavy (non-hydrogen) atoms. The lowest BCUT2D eigenvalue weighted by Crippen LogP contribution is -2.29. The number of nitrogens with two attached hydrogens (primary N) is 1. The van der Waals surface area contributed by atoms with E-state index >= 15 is 0 Å². The average Bonchev–Trinajstić information content (AvgIpc) is 3.03. The molecule has 0 saturated carbocycles. The Hall–Kier alpha value is -1.43. The fraction of sp³-hybridized carbons (Fsp3) is 0.357. The van der Waals surface area contributed by atoms with Gasteiger partial charge in [-0.3, -0.25) is 11.3 Å². The lowest BCUT2D eigenvalue weighted by atomic mass is 10.00. The van der Waals surface area contributed by atoms with Crippen molar-refractivity contribution >= 4 is 11.3 Å². The Labute approximate surface area is 116 Å². The largest absolute Gasteiger partial charge is 0.493 e. The Morgan fingerprint density at radius 1 is 1.53 bits per heavy atom. The van der Waals surface area contributed by atoms with E-state index in [4.69, 9.17) is 10.6 Å². The zero-order valence-corrected chi connectivity index (χ0v) is 11.7. The molecule has 1 aromatic carbocycles. The molecule has 0 radical (unpaired) electrons. The van der Waals surface area contributed by atoms with Crippen LogP contribution in [0.2, 0.25) is 0 Å². The summed E-state index contributed by atoms with van der Waals surface area (Å²) in [5, 5.41) is 3.18. The van der Waals surface area contributed by atoms with E-state index in [0.29, 0.717) is 0 Å². The minimum absolute atomic E-state index is 0.0902. The van der Waals surface area contributed by atoms with Crippen LogP contribution in [0.15, 0.2) is 23.6 Å². The van der Waals surface area contributed by atoms with E-state index in [1.54, 1.807) is 11.3 Å². The van der Waals surface area contributed by atoms with Gasteiger partial charge in [-0.2, -0.15) is 0 Å². The summed E-state index contributed by atoms with van der Waals surface area (Å²) in [6, 6.07) is 6.39. The van der Waals surface area contributed by atoms with Gasteiger partial charge in [0.1, 0.15) is 5.75 Å². The topological polar surface area (TPSA) is 60.2 Å². The molecular weight excluding hydrogens is 258 g/mol. The van der Waals surface area contributed by atoms with Crippen LogP contribution >= 0.6 is 11.3 Å². The smallest absolute Gasteiger partial charge is 0.122 e. The van der Waals surface area contributed by atoms with E-state index in [-0.39, 0.29) is 6.04 Å². The molecule has 4 nitrogen and oxygen atoms in total. The highest BCUT2D eigenvalue weighted by atomic mass is 32.1. The molecule has 0 bridgehead atoms. The van der Waals surface area contributed by atoms with E-state index in [1.807, 2.05) is 13.0 Å². The first kappa shape index (κ1) is 12.6. The summed E-state index contributed by atoms with van der Waals surface area (Å²) in [6.45, 7) is 2.80. The van der Waals surface area contributed by atoms with Crippen LogP contribution in [0.3, 0.4) is 0 Å². The fourth-order valence-electron chi connectivity index (χ4n) is 2.41. The van der Waals surface area contributed by atoms with Gasteiger partial charge in [-0.05, 0) is 24.1 Å². The quantitative estimate of drug-likeness (QED) is 0.663. The van der Waals surface area contributed by atoms with Crippen molar-refractivity contribution < 1.29 is 4.74 Å². The van der Waals surface area contributed by atoms with E-state index in [1.165, 1.54) is 11.1 Å². The Bertz CT molecular complexity index is 582. The standard InChI is InChI=1S/C14H17N3OS/c1-9-16-12(8-19-9)7-13(17-15)10-2-3-14-11(6-10)4-5-18-14/h2-3,6,8,13,17H,4-5,7,15H2,1H3. The number of hydrazine groups is 1. The van der Waals surface area contributed by atoms with Crippen molar-refractivity contribution in [2.45, 2.75) is 25.8 Å². The molecule has 2 aromatic rings. The van der Waals surface area contributed by atoms with Crippen molar-refractivity contribution in [1.29, 1.82) is 0 Å². The molecule has 1 aliphatic heterocycles. The van der Waals surface area contributed by atoms with Gasteiger partial charge in [-0.25, -0.2) is 4.98 Å². The molecule has 0 amide bonds. The maximum atomic E-state index is 5.70. The number of nitrogens with one attached hydrogen (secondary N) is 1. The third kappa shape index (κ3) is 2.63. The third-order valence-corrected chi connectivity index (χ3v) is 4.22. The van der Waals surface area contributed by atoms with E-state index < -0.39 is 0 Å². The van der Waals surface area contributed by atoms with Gasteiger partial charge in [0.2, 0.25) is 0 Å². The number of fused-ring (bicyclic) bond motifs is 1. The van der Waals surface area contributed by atoms with Crippen molar-refractivity contribution in [2.24, 2.45) is 5.84 Å². The summed E-state index contributed by atoms with van der Waals surface area (Å²) in [7, 11) is 0. The van der Waals surface area contributed by atoms with Gasteiger partial charge < -0.3 is 4.74 Å². The molecule has 1 aromatic heterocycles. The molecule has 1 unspecified atom stereocenters. The zero-order valence-electron chi connectivity index (χ0n) is 10.8. The second kappa shape index (κ2) is 5.28. The number of aryl methyl sites for hydroxylation is 1. The second-order valence-corrected chi connectivity index (χ2v) is 5.81. The van der Waals surface area contributed by atoms with Gasteiger partial charge in [-0.15, -0.1) is 11.3 Å². The Morgan fingerprint density at radius 3 is 3.16 bits per heavy atom. The van der Waals surface area contributed by atoms with Crippen LogP contribution in [0.25, 0.3) is 0 Å². The molecule has 0 spiro atoms. The maximum absolute atomic E-state index is 5.70. The summed E-state index contributed by atoms with van der Waals surface area (Å²) in [6.07, 6.45) is 1.79. The number of rotatable bonds is 4. The molecule has 1 atom stereocenters. The Morgan fingerprint density at radius 2 is 2.42 bits per heavy atom. The summed E-state index contributed by atoms with van der Waals surface area (Å²) < 4.78 is 5.53. The summed E-state index contributed by atoms with van der Waals surface area (Å²) in [4.78, 5) is 4.49. The first-order valence-electron chi connectivity index (χ1n) is 6.39. The predicted octanol–water partition coefficient (Wildman–Crippen LogP) is 2.13. The molecule has 2 heterocycles. The molecule has 0 fully saturated rings. The van der Waals surface area contributed by atoms with Crippen molar-refractivity contribution in [3.63, 3.8) is 0 Å². The third-order valence-electron chi connectivity index (χ3n) is 3.40. The van der Waals surface area contributed by atoms with Gasteiger partial charge in [0.05, 0.1) is 23.4 Å². The monoisotopic (exact) mass is 275 g/mol. The first-order chi connectivity index (χ1) is 9.26. The van der Waals surface area contributed by atoms with Gasteiger partial charge in [0.15, 0.2) is 0 Å². The highest BCUT2D eigenvalue weighted by Crippen LogP contribution is 2.29. The summed E-state index contributed by atoms with van der Waals surface area (Å²) in [5.74, 6) is 6.70. The minimum atomic E-state index is 0.0902. The molecule has 1 aliphatic rings. The number of hydrogen-bond acceptors (Lipinski definition) is 5. The lowest BCUT2D eigenvalue weighted by Gasteiger charge is -2.16. The number of hydrogen-bond donors (Lipinski definition) is 2. The Kier molecular flexibility index (Phi) is 3.50. The van der Waals surface area contributed by atoms with Crippen molar-refractivity contribution in [3.05, 3.63) is 45.4 Å². The van der Waals surface area contributed by atoms with E-state index in [0.717, 1.165) is 35.9 Å². The van der Waals surface area contributed by atoms with Crippen LogP contribution < -0.4 is 16.0 Å². The van der Waals surface area contributed by atoms with Gasteiger partial charge in [0.25, 0.3) is 0 Å². The predicted molar refractivity (Wildman–Crippen MR) is 76.3 cm³/mol. The average molecular weight is 275 g/mol. The highest BCUT2D eigenvalue weighted by molar-refractivity contribution is 7.09. The van der Waals surface area contributed by atoms with Gasteiger partial charge >= 0.3 is 0 Å². The molecule has 5 heteroatoms. The van der Waals surface area contributed by atoms with E-state index in [9.17, 15) is 0 Å². The number of benzene rings is 1. The molecule has 3 N–H and O–H groups in total. The molecule has 100 valence electrons. The highest BCUT2D eigenvalue weighted by Gasteiger charge is 2.17. The minimum Gasteiger partial charge on any atom is -0.493 e. The summed E-state index contributed by atoms with van der Waals surface area (Å²) in [5.41, 5.74) is 6.44. The van der Waals surface area contributed by atoms with Crippen LogP contribution in [-0.2, 0) is 12.8 Å². The van der Waals surface area contributed by atoms with Gasteiger partial charge in [-0.1, -0.05) is 12.1 Å².